The molecular formula is C24H33N3O2. The average molecular weight is 396 g/mol. The molecule has 1 aromatic carbocycles. The van der Waals surface area contributed by atoms with Crippen molar-refractivity contribution in [3.05, 3.63) is 46.8 Å². The zero-order chi connectivity index (χ0) is 20.5. The number of carbonyl (C=O) groups is 1. The van der Waals surface area contributed by atoms with Crippen molar-refractivity contribution in [1.82, 2.24) is 15.1 Å². The Hall–Kier alpha value is -2.30. The van der Waals surface area contributed by atoms with Crippen molar-refractivity contribution in [3.63, 3.8) is 0 Å². The third-order valence-corrected chi connectivity index (χ3v) is 7.31. The minimum absolute atomic E-state index is 0.141. The molecule has 2 aromatic rings. The number of nitrogens with zero attached hydrogens (tertiary/aromatic N) is 2. The van der Waals surface area contributed by atoms with Gasteiger partial charge in [0.15, 0.2) is 0 Å². The number of hydrogen-bond donors (Lipinski definition) is 1. The fourth-order valence-corrected chi connectivity index (χ4v) is 5.41. The molecule has 2 aliphatic carbocycles. The second kappa shape index (κ2) is 8.21. The largest absolute Gasteiger partial charge is 0.497 e. The SMILES string of the molecule is COc1ccc([C@H]2[C@@H]3CCCC[C@H]3[C@@H]2NC(=O)CCn2nc(C)c(C)c2C)cc1. The van der Waals surface area contributed by atoms with E-state index in [0.29, 0.717) is 30.7 Å². The molecule has 1 aromatic heterocycles. The summed E-state index contributed by atoms with van der Waals surface area (Å²) in [6.45, 7) is 6.83. The summed E-state index contributed by atoms with van der Waals surface area (Å²) in [5.74, 6) is 2.76. The van der Waals surface area contributed by atoms with Crippen LogP contribution in [0.2, 0.25) is 0 Å². The van der Waals surface area contributed by atoms with E-state index in [-0.39, 0.29) is 11.9 Å². The molecule has 156 valence electrons. The van der Waals surface area contributed by atoms with Crippen LogP contribution in [0, 0.1) is 32.6 Å². The fraction of sp³-hybridized carbons (Fsp3) is 0.583. The van der Waals surface area contributed by atoms with Gasteiger partial charge in [-0.15, -0.1) is 0 Å². The molecule has 5 heteroatoms. The molecule has 0 bridgehead atoms. The van der Waals surface area contributed by atoms with E-state index in [2.05, 4.69) is 36.4 Å². The predicted octanol–water partition coefficient (Wildman–Crippen LogP) is 4.30. The highest BCUT2D eigenvalue weighted by Crippen LogP contribution is 2.54. The van der Waals surface area contributed by atoms with Crippen molar-refractivity contribution in [2.45, 2.75) is 71.4 Å². The molecule has 2 saturated carbocycles. The molecule has 5 nitrogen and oxygen atoms in total. The standard InChI is InChI=1S/C24H33N3O2/c1-15-16(2)26-27(17(15)3)14-13-22(28)25-24-21-8-6-5-7-20(21)23(24)18-9-11-19(29-4)12-10-18/h9-12,20-21,23-24H,5-8,13-14H2,1-4H3,(H,25,28)/t20-,21-,23+,24+/m1/s1. The summed E-state index contributed by atoms with van der Waals surface area (Å²) in [5, 5.41) is 7.96. The van der Waals surface area contributed by atoms with Crippen LogP contribution >= 0.6 is 0 Å². The lowest BCUT2D eigenvalue weighted by Crippen LogP contribution is -2.59. The molecule has 0 spiro atoms. The number of aromatic nitrogens is 2. The zero-order valence-corrected chi connectivity index (χ0v) is 18.1. The van der Waals surface area contributed by atoms with Crippen LogP contribution in [-0.2, 0) is 11.3 Å². The van der Waals surface area contributed by atoms with Crippen LogP contribution < -0.4 is 10.1 Å². The van der Waals surface area contributed by atoms with Crippen molar-refractivity contribution in [2.24, 2.45) is 11.8 Å². The third kappa shape index (κ3) is 3.79. The molecule has 0 unspecified atom stereocenters. The quantitative estimate of drug-likeness (QED) is 0.794. The van der Waals surface area contributed by atoms with Crippen LogP contribution in [0.15, 0.2) is 24.3 Å². The molecule has 4 rings (SSSR count). The van der Waals surface area contributed by atoms with Gasteiger partial charge in [-0.1, -0.05) is 25.0 Å². The summed E-state index contributed by atoms with van der Waals surface area (Å²) in [7, 11) is 1.70. The van der Waals surface area contributed by atoms with Gasteiger partial charge in [0, 0.05) is 30.6 Å². The number of methoxy groups -OCH3 is 1. The molecule has 29 heavy (non-hydrogen) atoms. The van der Waals surface area contributed by atoms with Crippen LogP contribution in [0.1, 0.15) is 60.5 Å². The van der Waals surface area contributed by atoms with Crippen molar-refractivity contribution in [3.8, 4) is 5.75 Å². The van der Waals surface area contributed by atoms with Crippen molar-refractivity contribution in [2.75, 3.05) is 7.11 Å². The summed E-state index contributed by atoms with van der Waals surface area (Å²) in [4.78, 5) is 12.8. The highest BCUT2D eigenvalue weighted by Gasteiger charge is 2.51. The van der Waals surface area contributed by atoms with Gasteiger partial charge in [0.05, 0.1) is 12.8 Å². The minimum Gasteiger partial charge on any atom is -0.497 e. The van der Waals surface area contributed by atoms with Crippen molar-refractivity contribution < 1.29 is 9.53 Å². The maximum atomic E-state index is 12.8. The van der Waals surface area contributed by atoms with Gasteiger partial charge in [0.1, 0.15) is 5.75 Å². The molecule has 4 atom stereocenters. The topological polar surface area (TPSA) is 56.1 Å². The Kier molecular flexibility index (Phi) is 5.66. The highest BCUT2D eigenvalue weighted by molar-refractivity contribution is 5.76. The number of hydrogen-bond acceptors (Lipinski definition) is 3. The van der Waals surface area contributed by atoms with Crippen LogP contribution in [0.3, 0.4) is 0 Å². The van der Waals surface area contributed by atoms with E-state index in [4.69, 9.17) is 4.74 Å². The number of ether oxygens (including phenoxy) is 1. The van der Waals surface area contributed by atoms with Crippen LogP contribution in [0.25, 0.3) is 0 Å². The van der Waals surface area contributed by atoms with Gasteiger partial charge in [0.25, 0.3) is 0 Å². The van der Waals surface area contributed by atoms with Crippen LogP contribution in [0.5, 0.6) is 5.75 Å². The van der Waals surface area contributed by atoms with Gasteiger partial charge in [0.2, 0.25) is 5.91 Å². The maximum absolute atomic E-state index is 12.8. The van der Waals surface area contributed by atoms with E-state index < -0.39 is 0 Å². The van der Waals surface area contributed by atoms with Gasteiger partial charge in [-0.05, 0) is 68.7 Å². The van der Waals surface area contributed by atoms with Gasteiger partial charge < -0.3 is 10.1 Å². The van der Waals surface area contributed by atoms with Gasteiger partial charge in [-0.25, -0.2) is 0 Å². The second-order valence-electron chi connectivity index (χ2n) is 8.77. The Bertz CT molecular complexity index is 871. The summed E-state index contributed by atoms with van der Waals surface area (Å²) in [5.41, 5.74) is 4.75. The number of amides is 1. The number of fused-ring (bicyclic) bond motifs is 1. The number of carbonyl (C=O) groups excluding carboxylic acids is 1. The zero-order valence-electron chi connectivity index (χ0n) is 18.1. The Balaban J connectivity index is 1.43. The molecule has 1 amide bonds. The molecule has 1 N–H and O–H groups in total. The Labute approximate surface area is 173 Å². The normalized spacial score (nSPS) is 25.8. The van der Waals surface area contributed by atoms with Gasteiger partial charge >= 0.3 is 0 Å². The van der Waals surface area contributed by atoms with E-state index in [1.165, 1.54) is 36.8 Å². The second-order valence-corrected chi connectivity index (χ2v) is 8.77. The molecule has 2 fully saturated rings. The molecule has 2 aliphatic rings. The molecule has 0 radical (unpaired) electrons. The number of aryl methyl sites for hydroxylation is 2. The van der Waals surface area contributed by atoms with Crippen LogP contribution in [0.4, 0.5) is 0 Å². The van der Waals surface area contributed by atoms with Gasteiger partial charge in [-0.3, -0.25) is 9.48 Å². The molecule has 0 saturated heterocycles. The van der Waals surface area contributed by atoms with Crippen molar-refractivity contribution in [1.29, 1.82) is 0 Å². The lowest BCUT2D eigenvalue weighted by molar-refractivity contribution is -0.125. The first-order valence-corrected chi connectivity index (χ1v) is 10.9. The summed E-state index contributed by atoms with van der Waals surface area (Å²) >= 11 is 0. The first-order valence-electron chi connectivity index (χ1n) is 10.9. The average Bonchev–Trinajstić information content (AvgIpc) is 2.98. The predicted molar refractivity (Wildman–Crippen MR) is 114 cm³/mol. The summed E-state index contributed by atoms with van der Waals surface area (Å²) in [6.07, 6.45) is 5.59. The van der Waals surface area contributed by atoms with E-state index in [9.17, 15) is 4.79 Å². The van der Waals surface area contributed by atoms with E-state index >= 15 is 0 Å². The van der Waals surface area contributed by atoms with E-state index in [1.54, 1.807) is 7.11 Å². The monoisotopic (exact) mass is 395 g/mol. The lowest BCUT2D eigenvalue weighted by Gasteiger charge is -2.55. The number of nitrogens with one attached hydrogen (secondary N) is 1. The minimum atomic E-state index is 0.141. The summed E-state index contributed by atoms with van der Waals surface area (Å²) in [6, 6.07) is 8.67. The Morgan fingerprint density at radius 1 is 1.14 bits per heavy atom. The van der Waals surface area contributed by atoms with E-state index in [0.717, 1.165) is 17.1 Å². The van der Waals surface area contributed by atoms with Crippen molar-refractivity contribution >= 4 is 5.91 Å². The van der Waals surface area contributed by atoms with Gasteiger partial charge in [-0.2, -0.15) is 5.10 Å². The maximum Gasteiger partial charge on any atom is 0.222 e. The first kappa shape index (κ1) is 20.0. The Morgan fingerprint density at radius 3 is 2.45 bits per heavy atom. The van der Waals surface area contributed by atoms with E-state index in [1.807, 2.05) is 23.7 Å². The summed E-state index contributed by atoms with van der Waals surface area (Å²) < 4.78 is 7.28. The highest BCUT2D eigenvalue weighted by atomic mass is 16.5. The number of rotatable bonds is 6. The lowest BCUT2D eigenvalue weighted by atomic mass is 9.53. The fourth-order valence-electron chi connectivity index (χ4n) is 5.41. The molecule has 0 aliphatic heterocycles. The number of benzene rings is 1. The Morgan fingerprint density at radius 2 is 1.83 bits per heavy atom. The molecule has 1 heterocycles. The third-order valence-electron chi connectivity index (χ3n) is 7.31. The molecular weight excluding hydrogens is 362 g/mol. The smallest absolute Gasteiger partial charge is 0.222 e. The first-order chi connectivity index (χ1) is 14.0. The van der Waals surface area contributed by atoms with Crippen LogP contribution in [-0.4, -0.2) is 28.8 Å².